The van der Waals surface area contributed by atoms with E-state index in [4.69, 9.17) is 15.3 Å². The first kappa shape index (κ1) is 8.51. The maximum Gasteiger partial charge on any atom is 0.276 e. The Bertz CT molecular complexity index is 215. The average molecular weight is 175 g/mol. The molecule has 1 rings (SSSR count). The van der Waals surface area contributed by atoms with Gasteiger partial charge in [-0.1, -0.05) is 11.8 Å². The second-order valence-corrected chi connectivity index (χ2v) is 2.78. The number of hydrogen-bond acceptors (Lipinski definition) is 6. The molecule has 0 aliphatic rings. The third kappa shape index (κ3) is 2.49. The summed E-state index contributed by atoms with van der Waals surface area (Å²) in [4.78, 5) is 0. The zero-order valence-corrected chi connectivity index (χ0v) is 6.67. The summed E-state index contributed by atoms with van der Waals surface area (Å²) in [6.07, 6.45) is 0. The molecule has 0 amide bonds. The monoisotopic (exact) mass is 175 g/mol. The van der Waals surface area contributed by atoms with Gasteiger partial charge < -0.3 is 15.3 Å². The number of nitrogens with two attached hydrogens (primary N) is 1. The van der Waals surface area contributed by atoms with Crippen LogP contribution in [0.15, 0.2) is 9.64 Å². The summed E-state index contributed by atoms with van der Waals surface area (Å²) in [7, 11) is 0. The lowest BCUT2D eigenvalue weighted by Crippen LogP contribution is -1.95. The van der Waals surface area contributed by atoms with Crippen molar-refractivity contribution in [3.63, 3.8) is 0 Å². The van der Waals surface area contributed by atoms with Crippen LogP contribution in [0.5, 0.6) is 0 Å². The van der Waals surface area contributed by atoms with E-state index in [-0.39, 0.29) is 13.2 Å². The maximum absolute atomic E-state index is 8.46. The van der Waals surface area contributed by atoms with Gasteiger partial charge in [0.2, 0.25) is 5.89 Å². The minimum absolute atomic E-state index is 0.102. The largest absolute Gasteiger partial charge is 0.415 e. The van der Waals surface area contributed by atoms with Crippen molar-refractivity contribution in [3.05, 3.63) is 5.89 Å². The summed E-state index contributed by atoms with van der Waals surface area (Å²) >= 11 is 1.31. The Kier molecular flexibility index (Phi) is 3.34. The van der Waals surface area contributed by atoms with E-state index >= 15 is 0 Å². The van der Waals surface area contributed by atoms with Gasteiger partial charge in [0.05, 0.1) is 13.2 Å². The quantitative estimate of drug-likeness (QED) is 0.606. The third-order valence-corrected chi connectivity index (χ3v) is 1.74. The lowest BCUT2D eigenvalue weighted by atomic mass is 10.7. The number of nitrogens with zero attached hydrogens (tertiary/aromatic N) is 2. The van der Waals surface area contributed by atoms with E-state index < -0.39 is 0 Å². The second kappa shape index (κ2) is 4.32. The Morgan fingerprint density at radius 2 is 2.36 bits per heavy atom. The molecule has 0 saturated carbocycles. The van der Waals surface area contributed by atoms with Gasteiger partial charge in [0, 0.05) is 5.75 Å². The smallest absolute Gasteiger partial charge is 0.276 e. The van der Waals surface area contributed by atoms with E-state index in [2.05, 4.69) is 10.2 Å². The van der Waals surface area contributed by atoms with Gasteiger partial charge in [-0.25, -0.2) is 0 Å². The standard InChI is InChI=1S/C5H9N3O2S/c6-3-4-7-8-5(10-4)11-2-1-9/h9H,1-3,6H2. The van der Waals surface area contributed by atoms with Crippen molar-refractivity contribution in [1.82, 2.24) is 10.2 Å². The molecular formula is C5H9N3O2S. The van der Waals surface area contributed by atoms with Crippen LogP contribution in [-0.2, 0) is 6.54 Å². The highest BCUT2D eigenvalue weighted by molar-refractivity contribution is 7.99. The Morgan fingerprint density at radius 1 is 1.55 bits per heavy atom. The Morgan fingerprint density at radius 3 is 2.91 bits per heavy atom. The van der Waals surface area contributed by atoms with Gasteiger partial charge >= 0.3 is 0 Å². The van der Waals surface area contributed by atoms with E-state index in [1.807, 2.05) is 0 Å². The second-order valence-electron chi connectivity index (χ2n) is 1.74. The molecule has 0 fully saturated rings. The molecule has 0 spiro atoms. The summed E-state index contributed by atoms with van der Waals surface area (Å²) in [6.45, 7) is 0.359. The summed E-state index contributed by atoms with van der Waals surface area (Å²) in [6, 6.07) is 0. The van der Waals surface area contributed by atoms with E-state index in [0.29, 0.717) is 16.9 Å². The molecule has 1 aromatic heterocycles. The number of aliphatic hydroxyl groups is 1. The molecule has 0 bridgehead atoms. The van der Waals surface area contributed by atoms with Crippen LogP contribution >= 0.6 is 11.8 Å². The fourth-order valence-electron chi connectivity index (χ4n) is 0.512. The van der Waals surface area contributed by atoms with E-state index in [1.165, 1.54) is 11.8 Å². The maximum atomic E-state index is 8.46. The first-order chi connectivity index (χ1) is 5.36. The highest BCUT2D eigenvalue weighted by Crippen LogP contribution is 2.14. The molecule has 6 heteroatoms. The summed E-state index contributed by atoms with van der Waals surface area (Å²) in [5.41, 5.74) is 5.24. The molecule has 0 aliphatic carbocycles. The number of thioether (sulfide) groups is 1. The van der Waals surface area contributed by atoms with Gasteiger partial charge in [-0.3, -0.25) is 0 Å². The van der Waals surface area contributed by atoms with Gasteiger partial charge in [-0.05, 0) is 0 Å². The number of hydrogen-bond donors (Lipinski definition) is 2. The first-order valence-electron chi connectivity index (χ1n) is 3.13. The highest BCUT2D eigenvalue weighted by atomic mass is 32.2. The van der Waals surface area contributed by atoms with E-state index in [1.54, 1.807) is 0 Å². The van der Waals surface area contributed by atoms with Crippen LogP contribution in [-0.4, -0.2) is 27.7 Å². The van der Waals surface area contributed by atoms with Crippen molar-refractivity contribution in [2.45, 2.75) is 11.8 Å². The minimum Gasteiger partial charge on any atom is -0.415 e. The van der Waals surface area contributed by atoms with Crippen LogP contribution in [0.3, 0.4) is 0 Å². The van der Waals surface area contributed by atoms with Crippen molar-refractivity contribution >= 4 is 11.8 Å². The Hall–Kier alpha value is -0.590. The molecule has 0 unspecified atom stereocenters. The lowest BCUT2D eigenvalue weighted by Gasteiger charge is -1.88. The van der Waals surface area contributed by atoms with Crippen molar-refractivity contribution in [2.24, 2.45) is 5.73 Å². The number of aliphatic hydroxyl groups excluding tert-OH is 1. The van der Waals surface area contributed by atoms with Crippen LogP contribution in [0.2, 0.25) is 0 Å². The molecule has 0 radical (unpaired) electrons. The van der Waals surface area contributed by atoms with E-state index in [9.17, 15) is 0 Å². The molecule has 1 aromatic rings. The topological polar surface area (TPSA) is 85.2 Å². The minimum atomic E-state index is 0.102. The van der Waals surface area contributed by atoms with Crippen molar-refractivity contribution in [2.75, 3.05) is 12.4 Å². The highest BCUT2D eigenvalue weighted by Gasteiger charge is 2.02. The molecule has 5 nitrogen and oxygen atoms in total. The number of aromatic nitrogens is 2. The average Bonchev–Trinajstić information content (AvgIpc) is 2.48. The molecule has 0 atom stereocenters. The molecule has 0 aliphatic heterocycles. The van der Waals surface area contributed by atoms with Crippen LogP contribution in [0.1, 0.15) is 5.89 Å². The zero-order chi connectivity index (χ0) is 8.10. The third-order valence-electron chi connectivity index (χ3n) is 0.940. The summed E-state index contributed by atoms with van der Waals surface area (Å²) < 4.78 is 5.04. The predicted molar refractivity (Wildman–Crippen MR) is 40.0 cm³/mol. The van der Waals surface area contributed by atoms with Gasteiger partial charge in [0.25, 0.3) is 5.22 Å². The molecule has 1 heterocycles. The van der Waals surface area contributed by atoms with Crippen molar-refractivity contribution in [1.29, 1.82) is 0 Å². The predicted octanol–water partition coefficient (Wildman–Crippen LogP) is -0.387. The first-order valence-corrected chi connectivity index (χ1v) is 4.11. The van der Waals surface area contributed by atoms with Gasteiger partial charge in [0.15, 0.2) is 0 Å². The zero-order valence-electron chi connectivity index (χ0n) is 5.86. The van der Waals surface area contributed by atoms with Gasteiger partial charge in [-0.15, -0.1) is 10.2 Å². The van der Waals surface area contributed by atoms with Crippen LogP contribution in [0.4, 0.5) is 0 Å². The van der Waals surface area contributed by atoms with E-state index in [0.717, 1.165) is 0 Å². The van der Waals surface area contributed by atoms with Gasteiger partial charge in [0.1, 0.15) is 0 Å². The fourth-order valence-corrected chi connectivity index (χ4v) is 1.03. The Balaban J connectivity index is 2.44. The van der Waals surface area contributed by atoms with Crippen molar-refractivity contribution < 1.29 is 9.52 Å². The number of rotatable bonds is 4. The molecule has 0 aromatic carbocycles. The van der Waals surface area contributed by atoms with Crippen LogP contribution in [0, 0.1) is 0 Å². The van der Waals surface area contributed by atoms with Crippen LogP contribution in [0.25, 0.3) is 0 Å². The molecule has 11 heavy (non-hydrogen) atoms. The lowest BCUT2D eigenvalue weighted by molar-refractivity contribution is 0.321. The molecule has 62 valence electrons. The van der Waals surface area contributed by atoms with Crippen LogP contribution < -0.4 is 5.73 Å². The summed E-state index contributed by atoms with van der Waals surface area (Å²) in [5, 5.41) is 16.2. The van der Waals surface area contributed by atoms with Crippen molar-refractivity contribution in [3.8, 4) is 0 Å². The SMILES string of the molecule is NCc1nnc(SCCO)o1. The molecule has 3 N–H and O–H groups in total. The summed E-state index contributed by atoms with van der Waals surface area (Å²) in [5.74, 6) is 0.983. The molecular weight excluding hydrogens is 166 g/mol. The Labute approximate surface area is 68.0 Å². The normalized spacial score (nSPS) is 10.4. The fraction of sp³-hybridized carbons (Fsp3) is 0.600. The molecule has 0 saturated heterocycles. The van der Waals surface area contributed by atoms with Gasteiger partial charge in [-0.2, -0.15) is 0 Å².